The summed E-state index contributed by atoms with van der Waals surface area (Å²) < 4.78 is 0. The van der Waals surface area contributed by atoms with Gasteiger partial charge in [0, 0.05) is 6.92 Å². The molecule has 0 amide bonds. The summed E-state index contributed by atoms with van der Waals surface area (Å²) >= 11 is 0. The molecule has 9 heavy (non-hydrogen) atoms. The third kappa shape index (κ3) is 18.1. The lowest BCUT2D eigenvalue weighted by Gasteiger charge is -2.05. The van der Waals surface area contributed by atoms with Crippen molar-refractivity contribution in [3.63, 3.8) is 0 Å². The van der Waals surface area contributed by atoms with E-state index in [0.717, 1.165) is 6.92 Å². The first-order valence-corrected chi connectivity index (χ1v) is 2.93. The fourth-order valence-electron chi connectivity index (χ4n) is 0.250. The molecule has 1 aliphatic rings. The van der Waals surface area contributed by atoms with E-state index in [4.69, 9.17) is 9.90 Å². The number of aliphatic carboxylic acids is 1. The second kappa shape index (κ2) is 7.90. The number of carbonyl (C=O) groups is 1. The minimum Gasteiger partial charge on any atom is -0.481 e. The molecule has 0 radical (unpaired) electrons. The zero-order chi connectivity index (χ0) is 6.41. The van der Waals surface area contributed by atoms with Crippen LogP contribution in [-0.2, 0) is 4.79 Å². The minimum absolute atomic E-state index is 0. The minimum atomic E-state index is -0.833. The summed E-state index contributed by atoms with van der Waals surface area (Å²) in [5.74, 6) is -0.833. The average molecular weight is 150 g/mol. The number of carboxylic acids is 1. The molecule has 0 bridgehead atoms. The molecular formula is C6H15O2P. The molecule has 1 atom stereocenters. The van der Waals surface area contributed by atoms with Gasteiger partial charge in [-0.05, 0) is 0 Å². The molecule has 0 aromatic rings. The van der Waals surface area contributed by atoms with Gasteiger partial charge < -0.3 is 5.11 Å². The molecule has 56 valence electrons. The van der Waals surface area contributed by atoms with Crippen molar-refractivity contribution in [1.82, 2.24) is 0 Å². The smallest absolute Gasteiger partial charge is 0.300 e. The number of carboxylic acid groups (broad SMARTS) is 1. The van der Waals surface area contributed by atoms with E-state index >= 15 is 0 Å². The van der Waals surface area contributed by atoms with Crippen molar-refractivity contribution in [3.8, 4) is 0 Å². The number of hydrogen-bond acceptors (Lipinski definition) is 1. The van der Waals surface area contributed by atoms with Crippen LogP contribution in [0.5, 0.6) is 0 Å². The van der Waals surface area contributed by atoms with Gasteiger partial charge in [0.05, 0.1) is 0 Å². The van der Waals surface area contributed by atoms with Crippen LogP contribution in [-0.4, -0.2) is 11.1 Å². The van der Waals surface area contributed by atoms with E-state index in [1.54, 1.807) is 0 Å². The van der Waals surface area contributed by atoms with Crippen LogP contribution in [0, 0.1) is 0 Å². The summed E-state index contributed by atoms with van der Waals surface area (Å²) in [5, 5.41) is 7.42. The van der Waals surface area contributed by atoms with Gasteiger partial charge in [0.2, 0.25) is 0 Å². The van der Waals surface area contributed by atoms with E-state index in [1.165, 1.54) is 25.7 Å². The Labute approximate surface area is 59.3 Å². The molecule has 0 aromatic heterocycles. The number of rotatable bonds is 0. The van der Waals surface area contributed by atoms with Crippen molar-refractivity contribution in [2.24, 2.45) is 0 Å². The fraction of sp³-hybridized carbons (Fsp3) is 0.833. The van der Waals surface area contributed by atoms with Gasteiger partial charge in [0.1, 0.15) is 0 Å². The van der Waals surface area contributed by atoms with E-state index < -0.39 is 5.97 Å². The van der Waals surface area contributed by atoms with Crippen molar-refractivity contribution in [2.75, 3.05) is 0 Å². The third-order valence-corrected chi connectivity index (χ3v) is 1.000. The van der Waals surface area contributed by atoms with Gasteiger partial charge in [-0.2, -0.15) is 9.90 Å². The number of hydrogen-bond donors (Lipinski definition) is 1. The fourth-order valence-corrected chi connectivity index (χ4v) is 0.250. The van der Waals surface area contributed by atoms with Gasteiger partial charge in [-0.3, -0.25) is 4.79 Å². The average Bonchev–Trinajstić information content (AvgIpc) is 1.19. The summed E-state index contributed by atoms with van der Waals surface area (Å²) in [6.07, 6.45) is 6.00. The Kier molecular flexibility index (Phi) is 10.2. The molecule has 0 aromatic carbocycles. The summed E-state index contributed by atoms with van der Waals surface area (Å²) in [6, 6.07) is 0. The summed E-state index contributed by atoms with van der Waals surface area (Å²) in [6.45, 7) is 1.08. The molecule has 1 saturated carbocycles. The second-order valence-corrected chi connectivity index (χ2v) is 1.93. The van der Waals surface area contributed by atoms with E-state index in [-0.39, 0.29) is 9.90 Å². The van der Waals surface area contributed by atoms with Crippen molar-refractivity contribution < 1.29 is 9.90 Å². The van der Waals surface area contributed by atoms with Crippen molar-refractivity contribution >= 4 is 15.9 Å². The topological polar surface area (TPSA) is 37.3 Å². The first kappa shape index (κ1) is 11.7. The van der Waals surface area contributed by atoms with Crippen LogP contribution < -0.4 is 0 Å². The Morgan fingerprint density at radius 1 is 1.22 bits per heavy atom. The van der Waals surface area contributed by atoms with Gasteiger partial charge in [0.15, 0.2) is 0 Å². The highest BCUT2D eigenvalue weighted by Gasteiger charge is 1.95. The standard InChI is InChI=1S/C4H8.C2H4O2.H3P/c1-2-4-3-1;1-2(3)4;/h1-4H2;1H3,(H,3,4);1H3. The molecule has 1 aliphatic carbocycles. The Balaban J connectivity index is 0. The lowest BCUT2D eigenvalue weighted by molar-refractivity contribution is -0.134. The highest BCUT2D eigenvalue weighted by atomic mass is 31.0. The molecule has 0 saturated heterocycles. The maximum Gasteiger partial charge on any atom is 0.300 e. The summed E-state index contributed by atoms with van der Waals surface area (Å²) in [5.41, 5.74) is 0. The first-order chi connectivity index (χ1) is 3.73. The van der Waals surface area contributed by atoms with Crippen LogP contribution >= 0.6 is 9.90 Å². The third-order valence-electron chi connectivity index (χ3n) is 1.000. The maximum absolute atomic E-state index is 9.00. The zero-order valence-electron chi connectivity index (χ0n) is 5.89. The van der Waals surface area contributed by atoms with Crippen molar-refractivity contribution in [3.05, 3.63) is 0 Å². The Bertz CT molecular complexity index is 61.5. The molecule has 1 rings (SSSR count). The summed E-state index contributed by atoms with van der Waals surface area (Å²) in [7, 11) is 0. The van der Waals surface area contributed by atoms with Crippen LogP contribution in [0.15, 0.2) is 0 Å². The zero-order valence-corrected chi connectivity index (χ0v) is 7.31. The quantitative estimate of drug-likeness (QED) is 0.534. The molecule has 1 fully saturated rings. The Morgan fingerprint density at radius 2 is 1.33 bits per heavy atom. The molecular weight excluding hydrogens is 135 g/mol. The Morgan fingerprint density at radius 3 is 1.33 bits per heavy atom. The van der Waals surface area contributed by atoms with Gasteiger partial charge in [-0.1, -0.05) is 25.7 Å². The first-order valence-electron chi connectivity index (χ1n) is 2.93. The highest BCUT2D eigenvalue weighted by molar-refractivity contribution is 6.92. The van der Waals surface area contributed by atoms with Crippen molar-refractivity contribution in [1.29, 1.82) is 0 Å². The lowest BCUT2D eigenvalue weighted by Crippen LogP contribution is -1.85. The van der Waals surface area contributed by atoms with Gasteiger partial charge in [-0.15, -0.1) is 0 Å². The van der Waals surface area contributed by atoms with E-state index in [9.17, 15) is 0 Å². The van der Waals surface area contributed by atoms with Crippen LogP contribution in [0.4, 0.5) is 0 Å². The molecule has 0 heterocycles. The lowest BCUT2D eigenvalue weighted by atomic mass is 10.0. The van der Waals surface area contributed by atoms with Crippen LogP contribution in [0.2, 0.25) is 0 Å². The van der Waals surface area contributed by atoms with E-state index in [0.29, 0.717) is 0 Å². The van der Waals surface area contributed by atoms with Crippen LogP contribution in [0.1, 0.15) is 32.6 Å². The Hall–Kier alpha value is -0.100. The highest BCUT2D eigenvalue weighted by Crippen LogP contribution is 2.15. The largest absolute Gasteiger partial charge is 0.481 e. The van der Waals surface area contributed by atoms with E-state index in [2.05, 4.69) is 0 Å². The molecule has 1 unspecified atom stereocenters. The van der Waals surface area contributed by atoms with Crippen molar-refractivity contribution in [2.45, 2.75) is 32.6 Å². The SMILES string of the molecule is C1CCC1.CC(=O)O.P. The molecule has 1 N–H and O–H groups in total. The van der Waals surface area contributed by atoms with Gasteiger partial charge in [-0.25, -0.2) is 0 Å². The summed E-state index contributed by atoms with van der Waals surface area (Å²) in [4.78, 5) is 9.00. The predicted octanol–water partition coefficient (Wildman–Crippen LogP) is 1.71. The van der Waals surface area contributed by atoms with Gasteiger partial charge >= 0.3 is 0 Å². The normalized spacial score (nSPS) is 13.4. The molecule has 3 heteroatoms. The molecule has 2 nitrogen and oxygen atoms in total. The van der Waals surface area contributed by atoms with E-state index in [1.807, 2.05) is 0 Å². The second-order valence-electron chi connectivity index (χ2n) is 1.93. The molecule has 0 spiro atoms. The molecule has 0 aliphatic heterocycles. The van der Waals surface area contributed by atoms with Crippen LogP contribution in [0.25, 0.3) is 0 Å². The maximum atomic E-state index is 9.00. The van der Waals surface area contributed by atoms with Gasteiger partial charge in [0.25, 0.3) is 5.97 Å². The predicted molar refractivity (Wildman–Crippen MR) is 42.9 cm³/mol. The van der Waals surface area contributed by atoms with Crippen LogP contribution in [0.3, 0.4) is 0 Å². The monoisotopic (exact) mass is 150 g/mol.